The minimum atomic E-state index is -3.05. The molecule has 7 nitrogen and oxygen atoms in total. The first-order valence-electron chi connectivity index (χ1n) is 6.24. The summed E-state index contributed by atoms with van der Waals surface area (Å²) in [7, 11) is 0. The average Bonchev–Trinajstić information content (AvgIpc) is 2.50. The van der Waals surface area contributed by atoms with Crippen LogP contribution in [0.25, 0.3) is 0 Å². The van der Waals surface area contributed by atoms with E-state index >= 15 is 0 Å². The lowest BCUT2D eigenvalue weighted by molar-refractivity contribution is -0.385. The number of nitriles is 1. The van der Waals surface area contributed by atoms with Crippen molar-refractivity contribution in [2.24, 2.45) is 0 Å². The number of aromatic nitrogens is 1. The van der Waals surface area contributed by atoms with E-state index in [0.29, 0.717) is 0 Å². The number of nitrogens with zero attached hydrogens (tertiary/aromatic N) is 3. The van der Waals surface area contributed by atoms with E-state index in [1.54, 1.807) is 12.1 Å². The lowest BCUT2D eigenvalue weighted by atomic mass is 10.2. The average molecular weight is 321 g/mol. The SMILES string of the molecule is N#Cc1cc([N+](=O)[O-])cn(Cc2ccccc2OC(F)F)c1=O. The molecule has 0 saturated carbocycles. The van der Waals surface area contributed by atoms with Crippen molar-refractivity contribution in [2.75, 3.05) is 0 Å². The van der Waals surface area contributed by atoms with E-state index in [2.05, 4.69) is 4.74 Å². The zero-order valence-electron chi connectivity index (χ0n) is 11.5. The van der Waals surface area contributed by atoms with E-state index in [1.165, 1.54) is 18.2 Å². The molecule has 0 radical (unpaired) electrons. The van der Waals surface area contributed by atoms with Crippen LogP contribution in [-0.4, -0.2) is 16.1 Å². The third-order valence-corrected chi connectivity index (χ3v) is 2.93. The van der Waals surface area contributed by atoms with Gasteiger partial charge in [-0.25, -0.2) is 0 Å². The quantitative estimate of drug-likeness (QED) is 0.621. The van der Waals surface area contributed by atoms with Crippen molar-refractivity contribution in [1.29, 1.82) is 5.26 Å². The summed E-state index contributed by atoms with van der Waals surface area (Å²) in [6, 6.07) is 8.18. The van der Waals surface area contributed by atoms with E-state index < -0.39 is 28.3 Å². The van der Waals surface area contributed by atoms with Crippen LogP contribution < -0.4 is 10.3 Å². The van der Waals surface area contributed by atoms with Gasteiger partial charge in [-0.05, 0) is 6.07 Å². The van der Waals surface area contributed by atoms with Gasteiger partial charge >= 0.3 is 6.61 Å². The molecule has 1 aromatic carbocycles. The van der Waals surface area contributed by atoms with E-state index in [-0.39, 0.29) is 17.9 Å². The molecule has 0 saturated heterocycles. The fraction of sp³-hybridized carbons (Fsp3) is 0.143. The number of alkyl halides is 2. The van der Waals surface area contributed by atoms with Crippen molar-refractivity contribution >= 4 is 5.69 Å². The Kier molecular flexibility index (Phi) is 4.66. The fourth-order valence-corrected chi connectivity index (χ4v) is 1.95. The van der Waals surface area contributed by atoms with Crippen molar-refractivity contribution in [2.45, 2.75) is 13.2 Å². The highest BCUT2D eigenvalue weighted by Gasteiger charge is 2.16. The summed E-state index contributed by atoms with van der Waals surface area (Å²) < 4.78 is 30.0. The first-order chi connectivity index (χ1) is 10.9. The third kappa shape index (κ3) is 3.68. The standard InChI is InChI=1S/C14H9F2N3O4/c15-14(16)23-12-4-2-1-3-9(12)7-18-8-11(19(21)22)5-10(6-17)13(18)20/h1-5,8,14H,7H2. The monoisotopic (exact) mass is 321 g/mol. The van der Waals surface area contributed by atoms with Crippen molar-refractivity contribution in [3.63, 3.8) is 0 Å². The molecule has 23 heavy (non-hydrogen) atoms. The number of nitro groups is 1. The maximum atomic E-state index is 12.4. The number of rotatable bonds is 5. The van der Waals surface area contributed by atoms with Crippen LogP contribution >= 0.6 is 0 Å². The Labute approximate surface area is 128 Å². The molecule has 118 valence electrons. The predicted octanol–water partition coefficient (Wildman–Crippen LogP) is 2.28. The second kappa shape index (κ2) is 6.65. The van der Waals surface area contributed by atoms with Gasteiger partial charge in [0.1, 0.15) is 17.4 Å². The molecule has 1 aromatic heterocycles. The largest absolute Gasteiger partial charge is 0.434 e. The van der Waals surface area contributed by atoms with Crippen LogP contribution in [0.1, 0.15) is 11.1 Å². The second-order valence-electron chi connectivity index (χ2n) is 4.40. The predicted molar refractivity (Wildman–Crippen MR) is 74.2 cm³/mol. The molecule has 0 spiro atoms. The highest BCUT2D eigenvalue weighted by Crippen LogP contribution is 2.21. The molecule has 0 bridgehead atoms. The fourth-order valence-electron chi connectivity index (χ4n) is 1.95. The number of hydrogen-bond donors (Lipinski definition) is 0. The zero-order chi connectivity index (χ0) is 17.0. The summed E-state index contributed by atoms with van der Waals surface area (Å²) in [5.74, 6) is -0.153. The Balaban J connectivity index is 2.49. The summed E-state index contributed by atoms with van der Waals surface area (Å²) in [5, 5.41) is 19.7. The molecule has 9 heteroatoms. The van der Waals surface area contributed by atoms with Gasteiger partial charge in [0, 0.05) is 11.6 Å². The molecule has 0 N–H and O–H groups in total. The van der Waals surface area contributed by atoms with Gasteiger partial charge < -0.3 is 9.30 Å². The normalized spacial score (nSPS) is 10.3. The number of hydrogen-bond acceptors (Lipinski definition) is 5. The minimum absolute atomic E-state index is 0.153. The number of para-hydroxylation sites is 1. The highest BCUT2D eigenvalue weighted by molar-refractivity contribution is 5.39. The Bertz CT molecular complexity index is 843. The van der Waals surface area contributed by atoms with Gasteiger partial charge in [-0.3, -0.25) is 14.9 Å². The number of ether oxygens (including phenoxy) is 1. The first kappa shape index (κ1) is 16.1. The molecule has 0 atom stereocenters. The molecular formula is C14H9F2N3O4. The summed E-state index contributed by atoms with van der Waals surface area (Å²) in [5.41, 5.74) is -1.40. The molecule has 2 rings (SSSR count). The van der Waals surface area contributed by atoms with Gasteiger partial charge in [0.05, 0.1) is 17.7 Å². The molecule has 0 aliphatic rings. The van der Waals surface area contributed by atoms with Gasteiger partial charge in [-0.2, -0.15) is 14.0 Å². The molecule has 0 fully saturated rings. The van der Waals surface area contributed by atoms with Crippen LogP contribution in [0.3, 0.4) is 0 Å². The molecule has 0 aliphatic carbocycles. The Hall–Kier alpha value is -3.28. The zero-order valence-corrected chi connectivity index (χ0v) is 11.5. The van der Waals surface area contributed by atoms with Crippen molar-refractivity contribution < 1.29 is 18.4 Å². The highest BCUT2D eigenvalue weighted by atomic mass is 19.3. The van der Waals surface area contributed by atoms with Gasteiger partial charge in [0.2, 0.25) is 0 Å². The van der Waals surface area contributed by atoms with Gasteiger partial charge in [-0.1, -0.05) is 18.2 Å². The first-order valence-corrected chi connectivity index (χ1v) is 6.24. The third-order valence-electron chi connectivity index (χ3n) is 2.93. The topological polar surface area (TPSA) is 98.2 Å². The summed E-state index contributed by atoms with van der Waals surface area (Å²) >= 11 is 0. The van der Waals surface area contributed by atoms with Crippen LogP contribution in [0.15, 0.2) is 41.3 Å². The summed E-state index contributed by atoms with van der Waals surface area (Å²) in [6.07, 6.45) is 0.947. The van der Waals surface area contributed by atoms with Gasteiger partial charge in [-0.15, -0.1) is 0 Å². The number of halogens is 2. The van der Waals surface area contributed by atoms with E-state index in [0.717, 1.165) is 16.8 Å². The van der Waals surface area contributed by atoms with Crippen LogP contribution in [-0.2, 0) is 6.54 Å². The maximum Gasteiger partial charge on any atom is 0.387 e. The maximum absolute atomic E-state index is 12.4. The summed E-state index contributed by atoms with van der Waals surface area (Å²) in [6.45, 7) is -3.30. The Morgan fingerprint density at radius 1 is 1.39 bits per heavy atom. The molecular weight excluding hydrogens is 312 g/mol. The van der Waals surface area contributed by atoms with Crippen LogP contribution in [0.2, 0.25) is 0 Å². The Morgan fingerprint density at radius 2 is 2.09 bits per heavy atom. The van der Waals surface area contributed by atoms with Crippen LogP contribution in [0.4, 0.5) is 14.5 Å². The lowest BCUT2D eigenvalue weighted by Gasteiger charge is -2.12. The number of pyridine rings is 1. The number of benzene rings is 1. The summed E-state index contributed by atoms with van der Waals surface area (Å²) in [4.78, 5) is 22.1. The molecule has 0 aliphatic heterocycles. The Morgan fingerprint density at radius 3 is 2.70 bits per heavy atom. The van der Waals surface area contributed by atoms with Crippen LogP contribution in [0.5, 0.6) is 5.75 Å². The van der Waals surface area contributed by atoms with Gasteiger partial charge in [0.25, 0.3) is 11.2 Å². The van der Waals surface area contributed by atoms with Crippen molar-refractivity contribution in [3.05, 3.63) is 68.1 Å². The van der Waals surface area contributed by atoms with Gasteiger partial charge in [0.15, 0.2) is 0 Å². The van der Waals surface area contributed by atoms with E-state index in [1.807, 2.05) is 0 Å². The second-order valence-corrected chi connectivity index (χ2v) is 4.40. The smallest absolute Gasteiger partial charge is 0.387 e. The molecule has 1 heterocycles. The molecule has 0 unspecified atom stereocenters. The van der Waals surface area contributed by atoms with Crippen molar-refractivity contribution in [1.82, 2.24) is 4.57 Å². The van der Waals surface area contributed by atoms with Crippen LogP contribution in [0, 0.1) is 21.4 Å². The minimum Gasteiger partial charge on any atom is -0.434 e. The molecule has 0 amide bonds. The lowest BCUT2D eigenvalue weighted by Crippen LogP contribution is -2.23. The van der Waals surface area contributed by atoms with E-state index in [9.17, 15) is 23.7 Å². The van der Waals surface area contributed by atoms with Crippen molar-refractivity contribution in [3.8, 4) is 11.8 Å². The van der Waals surface area contributed by atoms with E-state index in [4.69, 9.17) is 5.26 Å². The molecule has 2 aromatic rings.